The van der Waals surface area contributed by atoms with Crippen LogP contribution in [-0.2, 0) is 14.8 Å². The smallest absolute Gasteiger partial charge is 0.243 e. The quantitative estimate of drug-likeness (QED) is 0.870. The lowest BCUT2D eigenvalue weighted by Gasteiger charge is -2.34. The third-order valence-corrected chi connectivity index (χ3v) is 7.22. The summed E-state index contributed by atoms with van der Waals surface area (Å²) in [7, 11) is -3.38. The molecule has 2 heterocycles. The van der Waals surface area contributed by atoms with E-state index in [4.69, 9.17) is 4.74 Å². The Morgan fingerprint density at radius 3 is 2.62 bits per heavy atom. The van der Waals surface area contributed by atoms with Crippen molar-refractivity contribution in [3.8, 4) is 0 Å². The zero-order valence-electron chi connectivity index (χ0n) is 14.8. The van der Waals surface area contributed by atoms with E-state index in [1.807, 2.05) is 26.0 Å². The van der Waals surface area contributed by atoms with Crippen molar-refractivity contribution in [1.29, 1.82) is 0 Å². The number of benzene rings is 1. The molecule has 0 amide bonds. The van der Waals surface area contributed by atoms with Gasteiger partial charge >= 0.3 is 0 Å². The first-order valence-corrected chi connectivity index (χ1v) is 10.4. The molecule has 0 unspecified atom stereocenters. The van der Waals surface area contributed by atoms with Crippen LogP contribution < -0.4 is 4.90 Å². The van der Waals surface area contributed by atoms with Crippen LogP contribution in [0.3, 0.4) is 0 Å². The van der Waals surface area contributed by atoms with E-state index >= 15 is 0 Å². The van der Waals surface area contributed by atoms with Crippen molar-refractivity contribution in [1.82, 2.24) is 4.31 Å². The second kappa shape index (κ2) is 7.52. The first kappa shape index (κ1) is 17.9. The summed E-state index contributed by atoms with van der Waals surface area (Å²) in [5.41, 5.74) is 1.81. The third-order valence-electron chi connectivity index (χ3n) is 5.18. The molecule has 2 saturated heterocycles. The topological polar surface area (TPSA) is 51.0 Å². The Balaban J connectivity index is 1.62. The Morgan fingerprint density at radius 1 is 1.21 bits per heavy atom. The van der Waals surface area contributed by atoms with Gasteiger partial charge < -0.3 is 9.64 Å². The number of nitrogens with zero attached hydrogens (tertiary/aromatic N) is 1. The normalized spacial score (nSPS) is 24.2. The van der Waals surface area contributed by atoms with Gasteiger partial charge in [-0.3, -0.25) is 0 Å². The Kier molecular flexibility index (Phi) is 5.59. The molecule has 1 N–H and O–H groups in total. The molecule has 0 radical (unpaired) electrons. The Hall–Kier alpha value is -0.950. The van der Waals surface area contributed by atoms with Crippen molar-refractivity contribution < 1.29 is 18.1 Å². The van der Waals surface area contributed by atoms with Crippen LogP contribution in [0.15, 0.2) is 23.1 Å². The maximum atomic E-state index is 12.9. The fourth-order valence-electron chi connectivity index (χ4n) is 3.66. The molecule has 0 bridgehead atoms. The van der Waals surface area contributed by atoms with Gasteiger partial charge in [0.2, 0.25) is 10.0 Å². The van der Waals surface area contributed by atoms with Crippen molar-refractivity contribution >= 4 is 10.0 Å². The SMILES string of the molecule is Cc1ccc(C)c(S(=O)(=O)N2CC[NH+](C[C@@H]3CCCCO3)CC2)c1. The van der Waals surface area contributed by atoms with Gasteiger partial charge in [0.25, 0.3) is 0 Å². The van der Waals surface area contributed by atoms with Gasteiger partial charge in [0, 0.05) is 6.61 Å². The number of rotatable bonds is 4. The van der Waals surface area contributed by atoms with Crippen molar-refractivity contribution in [2.24, 2.45) is 0 Å². The van der Waals surface area contributed by atoms with Gasteiger partial charge in [-0.05, 0) is 50.3 Å². The van der Waals surface area contributed by atoms with Crippen molar-refractivity contribution in [2.45, 2.75) is 44.1 Å². The van der Waals surface area contributed by atoms with Crippen LogP contribution in [0.1, 0.15) is 30.4 Å². The molecule has 2 aliphatic rings. The lowest BCUT2D eigenvalue weighted by molar-refractivity contribution is -0.907. The summed E-state index contributed by atoms with van der Waals surface area (Å²) >= 11 is 0. The van der Waals surface area contributed by atoms with Gasteiger partial charge in [0.1, 0.15) is 12.6 Å². The average molecular weight is 354 g/mol. The van der Waals surface area contributed by atoms with Crippen molar-refractivity contribution in [3.63, 3.8) is 0 Å². The van der Waals surface area contributed by atoms with Gasteiger partial charge in [-0.2, -0.15) is 4.31 Å². The minimum atomic E-state index is -3.38. The van der Waals surface area contributed by atoms with Crippen LogP contribution in [0.25, 0.3) is 0 Å². The first-order chi connectivity index (χ1) is 11.5. The maximum absolute atomic E-state index is 12.9. The highest BCUT2D eigenvalue weighted by atomic mass is 32.2. The van der Waals surface area contributed by atoms with Gasteiger partial charge in [-0.1, -0.05) is 12.1 Å². The minimum Gasteiger partial charge on any atom is -0.372 e. The van der Waals surface area contributed by atoms with Crippen LogP contribution in [-0.4, -0.2) is 58.2 Å². The Bertz CT molecular complexity index is 661. The molecule has 0 spiro atoms. The molecule has 134 valence electrons. The zero-order chi connectivity index (χ0) is 17.2. The summed E-state index contributed by atoms with van der Waals surface area (Å²) in [5, 5.41) is 0. The number of quaternary nitrogens is 1. The number of ether oxygens (including phenoxy) is 1. The molecule has 1 aromatic rings. The monoisotopic (exact) mass is 353 g/mol. The van der Waals surface area contributed by atoms with Crippen LogP contribution in [0, 0.1) is 13.8 Å². The molecule has 6 heteroatoms. The summed E-state index contributed by atoms with van der Waals surface area (Å²) in [6, 6.07) is 5.64. The van der Waals surface area contributed by atoms with Gasteiger partial charge in [0.15, 0.2) is 0 Å². The van der Waals surface area contributed by atoms with E-state index in [1.165, 1.54) is 17.7 Å². The van der Waals surface area contributed by atoms with Crippen molar-refractivity contribution in [2.75, 3.05) is 39.3 Å². The van der Waals surface area contributed by atoms with Crippen LogP contribution >= 0.6 is 0 Å². The fraction of sp³-hybridized carbons (Fsp3) is 0.667. The summed E-state index contributed by atoms with van der Waals surface area (Å²) in [4.78, 5) is 1.93. The molecule has 5 nitrogen and oxygen atoms in total. The zero-order valence-corrected chi connectivity index (χ0v) is 15.6. The molecule has 0 aliphatic carbocycles. The molecular weight excluding hydrogens is 324 g/mol. The van der Waals surface area contributed by atoms with E-state index in [9.17, 15) is 8.42 Å². The molecule has 0 aromatic heterocycles. The number of aryl methyl sites for hydroxylation is 2. The van der Waals surface area contributed by atoms with E-state index in [0.29, 0.717) is 24.1 Å². The number of piperazine rings is 1. The largest absolute Gasteiger partial charge is 0.372 e. The minimum absolute atomic E-state index is 0.357. The highest BCUT2D eigenvalue weighted by Crippen LogP contribution is 2.21. The lowest BCUT2D eigenvalue weighted by Crippen LogP contribution is -3.15. The lowest BCUT2D eigenvalue weighted by atomic mass is 10.1. The number of hydrogen-bond donors (Lipinski definition) is 1. The van der Waals surface area contributed by atoms with Crippen LogP contribution in [0.4, 0.5) is 0 Å². The van der Waals surface area contributed by atoms with E-state index in [-0.39, 0.29) is 0 Å². The molecular formula is C18H29N2O3S+. The second-order valence-electron chi connectivity index (χ2n) is 7.12. The Morgan fingerprint density at radius 2 is 1.96 bits per heavy atom. The fourth-order valence-corrected chi connectivity index (χ4v) is 5.41. The van der Waals surface area contributed by atoms with Gasteiger partial charge in [-0.25, -0.2) is 8.42 Å². The van der Waals surface area contributed by atoms with Crippen LogP contribution in [0.5, 0.6) is 0 Å². The number of sulfonamides is 1. The third kappa shape index (κ3) is 3.99. The average Bonchev–Trinajstić information content (AvgIpc) is 2.58. The number of nitrogens with one attached hydrogen (secondary N) is 1. The molecule has 3 rings (SSSR count). The highest BCUT2D eigenvalue weighted by Gasteiger charge is 2.32. The molecule has 1 atom stereocenters. The van der Waals surface area contributed by atoms with E-state index < -0.39 is 10.0 Å². The van der Waals surface area contributed by atoms with Crippen LogP contribution in [0.2, 0.25) is 0 Å². The first-order valence-electron chi connectivity index (χ1n) is 8.99. The molecule has 2 aliphatic heterocycles. The van der Waals surface area contributed by atoms with E-state index in [2.05, 4.69) is 0 Å². The van der Waals surface area contributed by atoms with Gasteiger partial charge in [0.05, 0.1) is 31.1 Å². The van der Waals surface area contributed by atoms with E-state index in [1.54, 1.807) is 10.4 Å². The van der Waals surface area contributed by atoms with Gasteiger partial charge in [-0.15, -0.1) is 0 Å². The summed E-state index contributed by atoms with van der Waals surface area (Å²) < 4.78 is 33.4. The molecule has 24 heavy (non-hydrogen) atoms. The molecule has 2 fully saturated rings. The maximum Gasteiger partial charge on any atom is 0.243 e. The highest BCUT2D eigenvalue weighted by molar-refractivity contribution is 7.89. The summed E-state index contributed by atoms with van der Waals surface area (Å²) in [5.74, 6) is 0. The summed E-state index contributed by atoms with van der Waals surface area (Å²) in [6.45, 7) is 8.62. The number of hydrogen-bond acceptors (Lipinski definition) is 3. The van der Waals surface area contributed by atoms with E-state index in [0.717, 1.165) is 43.8 Å². The Labute approximate surface area is 145 Å². The molecule has 1 aromatic carbocycles. The standard InChI is InChI=1S/C18H28N2O3S/c1-15-6-7-16(2)18(13-15)24(21,22)20-10-8-19(9-11-20)14-17-5-3-4-12-23-17/h6-7,13,17H,3-5,8-12,14H2,1-2H3/p+1/t17-/m0/s1. The predicted octanol–water partition coefficient (Wildman–Crippen LogP) is 0.762. The molecule has 0 saturated carbocycles. The van der Waals surface area contributed by atoms with Crippen molar-refractivity contribution in [3.05, 3.63) is 29.3 Å². The second-order valence-corrected chi connectivity index (χ2v) is 9.02. The summed E-state index contributed by atoms with van der Waals surface area (Å²) in [6.07, 6.45) is 3.93. The predicted molar refractivity (Wildman–Crippen MR) is 93.8 cm³/mol.